The molecule has 0 aliphatic carbocycles. The van der Waals surface area contributed by atoms with Gasteiger partial charge in [-0.3, -0.25) is 9.69 Å². The minimum atomic E-state index is -0.539. The second-order valence-electron chi connectivity index (χ2n) is 5.59. The number of anilines is 1. The van der Waals surface area contributed by atoms with E-state index in [0.29, 0.717) is 25.3 Å². The molecule has 23 heavy (non-hydrogen) atoms. The molecule has 1 aliphatic rings. The number of carbonyl (C=O) groups excluding carboxylic acids is 1. The van der Waals surface area contributed by atoms with Gasteiger partial charge in [0.25, 0.3) is 0 Å². The largest absolute Gasteiger partial charge is 0.390 e. The van der Waals surface area contributed by atoms with E-state index in [9.17, 15) is 14.3 Å². The number of amides is 1. The van der Waals surface area contributed by atoms with E-state index in [1.54, 1.807) is 29.2 Å². The summed E-state index contributed by atoms with van der Waals surface area (Å²) in [6.45, 7) is 1.61. The lowest BCUT2D eigenvalue weighted by atomic mass is 10.2. The molecule has 1 amide bonds. The topological polar surface area (TPSA) is 83.3 Å². The van der Waals surface area contributed by atoms with Gasteiger partial charge >= 0.3 is 0 Å². The van der Waals surface area contributed by atoms with Crippen molar-refractivity contribution in [2.24, 2.45) is 0 Å². The smallest absolute Gasteiger partial charge is 0.225 e. The highest BCUT2D eigenvalue weighted by atomic mass is 19.1. The lowest BCUT2D eigenvalue weighted by molar-refractivity contribution is -0.116. The van der Waals surface area contributed by atoms with Gasteiger partial charge < -0.3 is 10.4 Å². The van der Waals surface area contributed by atoms with E-state index in [1.807, 2.05) is 4.90 Å². The SMILES string of the molecule is O=C(CCN1C[C@@H](O)[C@H](n2ccnn2)C1)Nc1cccc(F)c1. The third-order valence-corrected chi connectivity index (χ3v) is 3.88. The first-order valence-electron chi connectivity index (χ1n) is 7.43. The van der Waals surface area contributed by atoms with Crippen molar-refractivity contribution < 1.29 is 14.3 Å². The van der Waals surface area contributed by atoms with Crippen molar-refractivity contribution >= 4 is 11.6 Å². The molecule has 1 fully saturated rings. The number of aliphatic hydroxyl groups is 1. The molecule has 3 rings (SSSR count). The Morgan fingerprint density at radius 1 is 1.43 bits per heavy atom. The minimum Gasteiger partial charge on any atom is -0.390 e. The Kier molecular flexibility index (Phi) is 4.63. The number of hydrogen-bond donors (Lipinski definition) is 2. The van der Waals surface area contributed by atoms with Crippen LogP contribution >= 0.6 is 0 Å². The number of nitrogens with zero attached hydrogens (tertiary/aromatic N) is 4. The molecule has 2 N–H and O–H groups in total. The van der Waals surface area contributed by atoms with Crippen LogP contribution in [0.5, 0.6) is 0 Å². The standard InChI is InChI=1S/C15H18FN5O2/c16-11-2-1-3-12(8-11)18-15(23)4-6-20-9-13(14(22)10-20)21-7-5-17-19-21/h1-3,5,7-8,13-14,22H,4,6,9-10H2,(H,18,23)/t13-,14-/m1/s1. The zero-order valence-electron chi connectivity index (χ0n) is 12.5. The summed E-state index contributed by atoms with van der Waals surface area (Å²) in [6.07, 6.45) is 3.02. The third-order valence-electron chi connectivity index (χ3n) is 3.88. The van der Waals surface area contributed by atoms with E-state index < -0.39 is 6.10 Å². The highest BCUT2D eigenvalue weighted by molar-refractivity contribution is 5.90. The normalized spacial score (nSPS) is 21.5. The van der Waals surface area contributed by atoms with Crippen LogP contribution in [-0.4, -0.2) is 56.6 Å². The summed E-state index contributed by atoms with van der Waals surface area (Å²) in [5, 5.41) is 20.4. The first kappa shape index (κ1) is 15.6. The maximum Gasteiger partial charge on any atom is 0.225 e. The fraction of sp³-hybridized carbons (Fsp3) is 0.400. The Morgan fingerprint density at radius 3 is 3.04 bits per heavy atom. The molecule has 1 saturated heterocycles. The summed E-state index contributed by atoms with van der Waals surface area (Å²) in [4.78, 5) is 13.9. The van der Waals surface area contributed by atoms with Crippen molar-refractivity contribution in [3.63, 3.8) is 0 Å². The van der Waals surface area contributed by atoms with E-state index in [2.05, 4.69) is 15.6 Å². The van der Waals surface area contributed by atoms with Crippen LogP contribution in [0.1, 0.15) is 12.5 Å². The lowest BCUT2D eigenvalue weighted by Crippen LogP contribution is -2.26. The molecule has 0 radical (unpaired) electrons. The number of rotatable bonds is 5. The molecular weight excluding hydrogens is 301 g/mol. The minimum absolute atomic E-state index is 0.149. The Labute approximate surface area is 132 Å². The monoisotopic (exact) mass is 319 g/mol. The first-order chi connectivity index (χ1) is 11.1. The Hall–Kier alpha value is -2.32. The van der Waals surface area contributed by atoms with Gasteiger partial charge in [0.2, 0.25) is 5.91 Å². The van der Waals surface area contributed by atoms with Crippen molar-refractivity contribution in [1.29, 1.82) is 0 Å². The molecule has 0 spiro atoms. The highest BCUT2D eigenvalue weighted by Gasteiger charge is 2.33. The molecule has 2 heterocycles. The van der Waals surface area contributed by atoms with Gasteiger partial charge in [-0.05, 0) is 18.2 Å². The summed E-state index contributed by atoms with van der Waals surface area (Å²) < 4.78 is 14.7. The number of halogens is 1. The Morgan fingerprint density at radius 2 is 2.30 bits per heavy atom. The number of β-amino-alcohol motifs (C(OH)–C–C–N with tert-alkyl or cyclic N) is 1. The van der Waals surface area contributed by atoms with Gasteiger partial charge in [0.15, 0.2) is 0 Å². The molecule has 0 unspecified atom stereocenters. The number of aromatic nitrogens is 3. The molecule has 122 valence electrons. The molecule has 1 aromatic heterocycles. The van der Waals surface area contributed by atoms with Crippen LogP contribution in [0, 0.1) is 5.82 Å². The summed E-state index contributed by atoms with van der Waals surface area (Å²) in [5.41, 5.74) is 0.442. The predicted molar refractivity (Wildman–Crippen MR) is 81.2 cm³/mol. The lowest BCUT2D eigenvalue weighted by Gasteiger charge is -2.15. The molecule has 7 nitrogen and oxygen atoms in total. The fourth-order valence-corrected chi connectivity index (χ4v) is 2.73. The van der Waals surface area contributed by atoms with Gasteiger partial charge in [-0.15, -0.1) is 5.10 Å². The van der Waals surface area contributed by atoms with E-state index in [0.717, 1.165) is 0 Å². The van der Waals surface area contributed by atoms with Crippen LogP contribution in [0.2, 0.25) is 0 Å². The van der Waals surface area contributed by atoms with Gasteiger partial charge in [0.05, 0.1) is 18.3 Å². The van der Waals surface area contributed by atoms with Crippen LogP contribution in [0.25, 0.3) is 0 Å². The van der Waals surface area contributed by atoms with Crippen LogP contribution < -0.4 is 5.32 Å². The molecule has 2 atom stereocenters. The highest BCUT2D eigenvalue weighted by Crippen LogP contribution is 2.21. The zero-order chi connectivity index (χ0) is 16.2. The maximum atomic E-state index is 13.1. The molecule has 0 bridgehead atoms. The van der Waals surface area contributed by atoms with Gasteiger partial charge in [0, 0.05) is 37.9 Å². The van der Waals surface area contributed by atoms with Gasteiger partial charge in [-0.2, -0.15) is 0 Å². The first-order valence-corrected chi connectivity index (χ1v) is 7.43. The number of nitrogens with one attached hydrogen (secondary N) is 1. The summed E-state index contributed by atoms with van der Waals surface area (Å²) in [7, 11) is 0. The van der Waals surface area contributed by atoms with Crippen LogP contribution in [0.3, 0.4) is 0 Å². The average molecular weight is 319 g/mol. The second kappa shape index (κ2) is 6.84. The van der Waals surface area contributed by atoms with Crippen molar-refractivity contribution in [3.8, 4) is 0 Å². The summed E-state index contributed by atoms with van der Waals surface area (Å²) >= 11 is 0. The van der Waals surface area contributed by atoms with E-state index in [4.69, 9.17) is 0 Å². The van der Waals surface area contributed by atoms with Crippen LogP contribution in [0.4, 0.5) is 10.1 Å². The van der Waals surface area contributed by atoms with Crippen molar-refractivity contribution in [3.05, 3.63) is 42.5 Å². The molecule has 1 aromatic carbocycles. The molecule has 8 heteroatoms. The third kappa shape index (κ3) is 3.91. The number of carbonyl (C=O) groups is 1. The molecular formula is C15H18FN5O2. The Bertz CT molecular complexity index is 664. The zero-order valence-corrected chi connectivity index (χ0v) is 12.5. The predicted octanol–water partition coefficient (Wildman–Crippen LogP) is 0.664. The number of hydrogen-bond acceptors (Lipinski definition) is 5. The average Bonchev–Trinajstić information content (AvgIpc) is 3.14. The quantitative estimate of drug-likeness (QED) is 0.846. The summed E-state index contributed by atoms with van der Waals surface area (Å²) in [6, 6.07) is 5.64. The molecule has 0 saturated carbocycles. The number of likely N-dealkylation sites (tertiary alicyclic amines) is 1. The van der Waals surface area contributed by atoms with Crippen LogP contribution in [-0.2, 0) is 4.79 Å². The number of benzene rings is 1. The van der Waals surface area contributed by atoms with Crippen molar-refractivity contribution in [2.45, 2.75) is 18.6 Å². The van der Waals surface area contributed by atoms with Gasteiger partial charge in [-0.1, -0.05) is 11.3 Å². The van der Waals surface area contributed by atoms with E-state index in [-0.39, 0.29) is 24.2 Å². The second-order valence-corrected chi connectivity index (χ2v) is 5.59. The van der Waals surface area contributed by atoms with Crippen molar-refractivity contribution in [1.82, 2.24) is 19.9 Å². The number of aliphatic hydroxyl groups excluding tert-OH is 1. The summed E-state index contributed by atoms with van der Waals surface area (Å²) in [5.74, 6) is -0.574. The maximum absolute atomic E-state index is 13.1. The Balaban J connectivity index is 1.48. The van der Waals surface area contributed by atoms with E-state index in [1.165, 1.54) is 12.1 Å². The molecule has 2 aromatic rings. The fourth-order valence-electron chi connectivity index (χ4n) is 2.73. The van der Waals surface area contributed by atoms with Crippen molar-refractivity contribution in [2.75, 3.05) is 25.0 Å². The van der Waals surface area contributed by atoms with E-state index >= 15 is 0 Å². The van der Waals surface area contributed by atoms with Gasteiger partial charge in [0.1, 0.15) is 5.82 Å². The van der Waals surface area contributed by atoms with Gasteiger partial charge in [-0.25, -0.2) is 9.07 Å². The van der Waals surface area contributed by atoms with Crippen LogP contribution in [0.15, 0.2) is 36.7 Å². The molecule has 1 aliphatic heterocycles.